The molecule has 0 amide bonds. The molecule has 6 atom stereocenters. The maximum atomic E-state index is 6.29. The van der Waals surface area contributed by atoms with Gasteiger partial charge in [0, 0.05) is 24.9 Å². The Morgan fingerprint density at radius 2 is 2.13 bits per heavy atom. The van der Waals surface area contributed by atoms with Gasteiger partial charge in [0.25, 0.3) is 0 Å². The minimum Gasteiger partial charge on any atom is -0.370 e. The highest BCUT2D eigenvalue weighted by atomic mass is 16.6. The summed E-state index contributed by atoms with van der Waals surface area (Å²) in [5.74, 6) is 1.30. The highest BCUT2D eigenvalue weighted by molar-refractivity contribution is 5.20. The van der Waals surface area contributed by atoms with Crippen LogP contribution in [-0.2, 0) is 9.47 Å². The maximum Gasteiger partial charge on any atom is 0.0871 e. The molecule has 4 rings (SSSR count). The molecule has 0 aromatic heterocycles. The van der Waals surface area contributed by atoms with Crippen molar-refractivity contribution in [3.63, 3.8) is 0 Å². The smallest absolute Gasteiger partial charge is 0.0871 e. The molecule has 2 bridgehead atoms. The van der Waals surface area contributed by atoms with Gasteiger partial charge in [0.2, 0.25) is 0 Å². The van der Waals surface area contributed by atoms with E-state index in [2.05, 4.69) is 19.2 Å². The summed E-state index contributed by atoms with van der Waals surface area (Å²) in [7, 11) is 0. The Hall–Kier alpha value is -0.120. The largest absolute Gasteiger partial charge is 0.370 e. The van der Waals surface area contributed by atoms with E-state index in [1.807, 2.05) is 0 Å². The highest BCUT2D eigenvalue weighted by Gasteiger charge is 2.71. The lowest BCUT2D eigenvalue weighted by molar-refractivity contribution is -0.128. The van der Waals surface area contributed by atoms with Gasteiger partial charge in [-0.25, -0.2) is 0 Å². The van der Waals surface area contributed by atoms with Crippen molar-refractivity contribution in [1.29, 1.82) is 0 Å². The summed E-state index contributed by atoms with van der Waals surface area (Å²) in [4.78, 5) is 0. The predicted octanol–water partition coefficient (Wildman–Crippen LogP) is 0.931. The van der Waals surface area contributed by atoms with Crippen LogP contribution in [0.5, 0.6) is 0 Å². The molecule has 0 saturated carbocycles. The first-order valence-corrected chi connectivity index (χ1v) is 6.21. The van der Waals surface area contributed by atoms with Crippen LogP contribution in [0.3, 0.4) is 0 Å². The third kappa shape index (κ3) is 0.855. The van der Waals surface area contributed by atoms with Crippen molar-refractivity contribution < 1.29 is 9.47 Å². The lowest BCUT2D eigenvalue weighted by Crippen LogP contribution is -2.62. The standard InChI is InChI=1S/C12H19NO2/c1-7-9-8-3-4-12(15-8)6-13-5-11(2,14-7)10(9)12/h7-10,13H,3-6H2,1-2H3. The first kappa shape index (κ1) is 8.97. The van der Waals surface area contributed by atoms with Crippen molar-refractivity contribution in [1.82, 2.24) is 5.32 Å². The van der Waals surface area contributed by atoms with Crippen LogP contribution in [0.4, 0.5) is 0 Å². The number of rotatable bonds is 0. The molecule has 0 aromatic carbocycles. The molecule has 4 saturated heterocycles. The zero-order valence-electron chi connectivity index (χ0n) is 9.45. The fourth-order valence-corrected chi connectivity index (χ4v) is 4.90. The van der Waals surface area contributed by atoms with Gasteiger partial charge < -0.3 is 14.8 Å². The molecule has 6 unspecified atom stereocenters. The molecule has 4 heterocycles. The van der Waals surface area contributed by atoms with Crippen LogP contribution in [0.1, 0.15) is 26.7 Å². The Morgan fingerprint density at radius 3 is 3.00 bits per heavy atom. The van der Waals surface area contributed by atoms with Crippen molar-refractivity contribution >= 4 is 0 Å². The molecule has 4 fully saturated rings. The molecule has 3 nitrogen and oxygen atoms in total. The molecule has 4 aliphatic rings. The lowest BCUT2D eigenvalue weighted by atomic mass is 9.63. The Labute approximate surface area is 90.5 Å². The van der Waals surface area contributed by atoms with Crippen LogP contribution < -0.4 is 5.32 Å². The van der Waals surface area contributed by atoms with Gasteiger partial charge in [-0.15, -0.1) is 0 Å². The van der Waals surface area contributed by atoms with E-state index in [0.717, 1.165) is 13.1 Å². The molecule has 4 aliphatic heterocycles. The van der Waals surface area contributed by atoms with Crippen LogP contribution in [0, 0.1) is 11.8 Å². The number of piperidine rings is 1. The zero-order chi connectivity index (χ0) is 10.3. The minimum absolute atomic E-state index is 0.0253. The molecule has 1 N–H and O–H groups in total. The van der Waals surface area contributed by atoms with Crippen molar-refractivity contribution in [2.45, 2.75) is 50.1 Å². The summed E-state index contributed by atoms with van der Waals surface area (Å²) >= 11 is 0. The van der Waals surface area contributed by atoms with E-state index in [4.69, 9.17) is 9.47 Å². The summed E-state index contributed by atoms with van der Waals surface area (Å²) in [5.41, 5.74) is 0.143. The Balaban J connectivity index is 1.85. The van der Waals surface area contributed by atoms with Crippen LogP contribution in [0.2, 0.25) is 0 Å². The van der Waals surface area contributed by atoms with Gasteiger partial charge in [-0.1, -0.05) is 0 Å². The van der Waals surface area contributed by atoms with Gasteiger partial charge >= 0.3 is 0 Å². The van der Waals surface area contributed by atoms with E-state index in [9.17, 15) is 0 Å². The van der Waals surface area contributed by atoms with E-state index < -0.39 is 0 Å². The molecular weight excluding hydrogens is 190 g/mol. The fourth-order valence-electron chi connectivity index (χ4n) is 4.90. The normalized spacial score (nSPS) is 66.0. The van der Waals surface area contributed by atoms with Crippen LogP contribution in [0.15, 0.2) is 0 Å². The molecule has 3 heteroatoms. The van der Waals surface area contributed by atoms with Crippen molar-refractivity contribution in [2.24, 2.45) is 11.8 Å². The first-order valence-electron chi connectivity index (χ1n) is 6.21. The third-order valence-electron chi connectivity index (χ3n) is 5.17. The number of fused-ring (bicyclic) bond motifs is 2. The van der Waals surface area contributed by atoms with E-state index in [1.54, 1.807) is 0 Å². The van der Waals surface area contributed by atoms with Gasteiger partial charge in [0.1, 0.15) is 0 Å². The van der Waals surface area contributed by atoms with E-state index in [1.165, 1.54) is 12.8 Å². The van der Waals surface area contributed by atoms with Crippen molar-refractivity contribution in [3.05, 3.63) is 0 Å². The SMILES string of the molecule is CC1OC2(C)CNCC34CCC(O3)C1C24. The monoisotopic (exact) mass is 209 g/mol. The first-order chi connectivity index (χ1) is 7.15. The second-order valence-corrected chi connectivity index (χ2v) is 6.05. The van der Waals surface area contributed by atoms with Gasteiger partial charge in [-0.05, 0) is 26.7 Å². The topological polar surface area (TPSA) is 30.5 Å². The maximum absolute atomic E-state index is 6.29. The summed E-state index contributed by atoms with van der Waals surface area (Å²) < 4.78 is 12.5. The van der Waals surface area contributed by atoms with Crippen molar-refractivity contribution in [3.8, 4) is 0 Å². The molecule has 0 aliphatic carbocycles. The fraction of sp³-hybridized carbons (Fsp3) is 1.00. The summed E-state index contributed by atoms with van der Waals surface area (Å²) in [6.07, 6.45) is 3.34. The van der Waals surface area contributed by atoms with Crippen molar-refractivity contribution in [2.75, 3.05) is 13.1 Å². The Bertz CT molecular complexity index is 321. The van der Waals surface area contributed by atoms with E-state index in [0.29, 0.717) is 24.0 Å². The number of hydrogen-bond donors (Lipinski definition) is 1. The summed E-state index contributed by atoms with van der Waals surface area (Å²) in [6, 6.07) is 0. The molecule has 0 aromatic rings. The third-order valence-corrected chi connectivity index (χ3v) is 5.17. The predicted molar refractivity (Wildman–Crippen MR) is 55.6 cm³/mol. The van der Waals surface area contributed by atoms with Crippen LogP contribution >= 0.6 is 0 Å². The lowest BCUT2D eigenvalue weighted by Gasteiger charge is -2.46. The molecule has 15 heavy (non-hydrogen) atoms. The quantitative estimate of drug-likeness (QED) is 0.644. The second kappa shape index (κ2) is 2.41. The number of nitrogens with one attached hydrogen (secondary N) is 1. The van der Waals surface area contributed by atoms with Crippen LogP contribution in [0.25, 0.3) is 0 Å². The Kier molecular flexibility index (Phi) is 1.44. The summed E-state index contributed by atoms with van der Waals surface area (Å²) in [6.45, 7) is 6.53. The number of ether oxygens (including phenoxy) is 2. The van der Waals surface area contributed by atoms with Gasteiger partial charge in [-0.2, -0.15) is 0 Å². The molecule has 1 spiro atoms. The zero-order valence-corrected chi connectivity index (χ0v) is 9.45. The number of hydrogen-bond acceptors (Lipinski definition) is 3. The summed E-state index contributed by atoms with van der Waals surface area (Å²) in [5, 5.41) is 3.51. The molecule has 84 valence electrons. The second-order valence-electron chi connectivity index (χ2n) is 6.05. The van der Waals surface area contributed by atoms with E-state index in [-0.39, 0.29) is 11.2 Å². The average molecular weight is 209 g/mol. The highest BCUT2D eigenvalue weighted by Crippen LogP contribution is 2.61. The molecule has 0 radical (unpaired) electrons. The van der Waals surface area contributed by atoms with E-state index >= 15 is 0 Å². The average Bonchev–Trinajstić information content (AvgIpc) is 2.78. The van der Waals surface area contributed by atoms with Gasteiger partial charge in [0.15, 0.2) is 0 Å². The van der Waals surface area contributed by atoms with Gasteiger partial charge in [0.05, 0.1) is 23.4 Å². The Morgan fingerprint density at radius 1 is 1.27 bits per heavy atom. The van der Waals surface area contributed by atoms with Crippen LogP contribution in [-0.4, -0.2) is 36.5 Å². The minimum atomic E-state index is 0.0253. The molecular formula is C12H19NO2. The van der Waals surface area contributed by atoms with Gasteiger partial charge in [-0.3, -0.25) is 0 Å².